The standard InChI is InChI=1S/C15H20N2O4/c1-3-9-16-14(19)11(2)17-13(18)10-21-15(20)12-7-5-4-6-8-12/h4-8,11H,3,9-10H2,1-2H3,(H,16,19)(H,17,18)/t11-/m1/s1. The van der Waals surface area contributed by atoms with E-state index in [1.165, 1.54) is 0 Å². The summed E-state index contributed by atoms with van der Waals surface area (Å²) in [5.41, 5.74) is 0.374. The van der Waals surface area contributed by atoms with Gasteiger partial charge in [-0.05, 0) is 25.5 Å². The van der Waals surface area contributed by atoms with Gasteiger partial charge in [0.05, 0.1) is 5.56 Å². The van der Waals surface area contributed by atoms with Crippen molar-refractivity contribution in [1.29, 1.82) is 0 Å². The average molecular weight is 292 g/mol. The second-order valence-corrected chi connectivity index (χ2v) is 4.52. The van der Waals surface area contributed by atoms with Crippen LogP contribution in [0.2, 0.25) is 0 Å². The van der Waals surface area contributed by atoms with Crippen molar-refractivity contribution in [2.45, 2.75) is 26.3 Å². The van der Waals surface area contributed by atoms with E-state index in [2.05, 4.69) is 10.6 Å². The maximum atomic E-state index is 11.6. The first-order valence-electron chi connectivity index (χ1n) is 6.83. The highest BCUT2D eigenvalue weighted by Gasteiger charge is 2.16. The number of hydrogen-bond donors (Lipinski definition) is 2. The molecule has 1 atom stereocenters. The molecule has 0 saturated heterocycles. The number of carbonyl (C=O) groups is 3. The Hall–Kier alpha value is -2.37. The molecule has 0 aromatic heterocycles. The van der Waals surface area contributed by atoms with Gasteiger partial charge in [-0.15, -0.1) is 0 Å². The fourth-order valence-electron chi connectivity index (χ4n) is 1.54. The van der Waals surface area contributed by atoms with Crippen molar-refractivity contribution in [3.05, 3.63) is 35.9 Å². The molecule has 0 spiro atoms. The molecule has 0 aliphatic rings. The van der Waals surface area contributed by atoms with Crippen molar-refractivity contribution in [3.8, 4) is 0 Å². The highest BCUT2D eigenvalue weighted by molar-refractivity contribution is 5.92. The Morgan fingerprint density at radius 2 is 1.86 bits per heavy atom. The molecule has 0 fully saturated rings. The summed E-state index contributed by atoms with van der Waals surface area (Å²) in [4.78, 5) is 34.8. The molecule has 0 aliphatic carbocycles. The first-order chi connectivity index (χ1) is 10.0. The summed E-state index contributed by atoms with van der Waals surface area (Å²) in [5, 5.41) is 5.13. The summed E-state index contributed by atoms with van der Waals surface area (Å²) in [7, 11) is 0. The lowest BCUT2D eigenvalue weighted by atomic mass is 10.2. The van der Waals surface area contributed by atoms with Crippen LogP contribution in [0.4, 0.5) is 0 Å². The summed E-state index contributed by atoms with van der Waals surface area (Å²) < 4.78 is 4.87. The summed E-state index contributed by atoms with van der Waals surface area (Å²) in [6, 6.07) is 7.72. The van der Waals surface area contributed by atoms with Crippen LogP contribution in [0.5, 0.6) is 0 Å². The molecule has 6 nitrogen and oxygen atoms in total. The second-order valence-electron chi connectivity index (χ2n) is 4.52. The third-order valence-corrected chi connectivity index (χ3v) is 2.66. The van der Waals surface area contributed by atoms with Crippen LogP contribution >= 0.6 is 0 Å². The molecule has 2 amide bonds. The molecule has 0 radical (unpaired) electrons. The molecule has 0 saturated carbocycles. The van der Waals surface area contributed by atoms with Crippen molar-refractivity contribution in [3.63, 3.8) is 0 Å². The number of amides is 2. The zero-order valence-electron chi connectivity index (χ0n) is 12.2. The van der Waals surface area contributed by atoms with E-state index >= 15 is 0 Å². The Morgan fingerprint density at radius 1 is 1.19 bits per heavy atom. The van der Waals surface area contributed by atoms with Crippen molar-refractivity contribution in [2.24, 2.45) is 0 Å². The average Bonchev–Trinajstić information content (AvgIpc) is 2.50. The van der Waals surface area contributed by atoms with Gasteiger partial charge in [0.1, 0.15) is 6.04 Å². The smallest absolute Gasteiger partial charge is 0.338 e. The van der Waals surface area contributed by atoms with E-state index in [9.17, 15) is 14.4 Å². The predicted octanol–water partition coefficient (Wildman–Crippen LogP) is 0.874. The summed E-state index contributed by atoms with van der Waals surface area (Å²) in [6.07, 6.45) is 0.821. The van der Waals surface area contributed by atoms with E-state index in [1.807, 2.05) is 6.92 Å². The molecule has 0 bridgehead atoms. The van der Waals surface area contributed by atoms with Crippen LogP contribution in [0, 0.1) is 0 Å². The van der Waals surface area contributed by atoms with Gasteiger partial charge in [-0.25, -0.2) is 4.79 Å². The number of esters is 1. The molecular weight excluding hydrogens is 272 g/mol. The minimum Gasteiger partial charge on any atom is -0.452 e. The van der Waals surface area contributed by atoms with Crippen molar-refractivity contribution in [1.82, 2.24) is 10.6 Å². The Balaban J connectivity index is 2.34. The fourth-order valence-corrected chi connectivity index (χ4v) is 1.54. The largest absolute Gasteiger partial charge is 0.452 e. The Kier molecular flexibility index (Phi) is 6.94. The molecule has 21 heavy (non-hydrogen) atoms. The van der Waals surface area contributed by atoms with E-state index in [0.29, 0.717) is 12.1 Å². The molecule has 1 aromatic rings. The monoisotopic (exact) mass is 292 g/mol. The lowest BCUT2D eigenvalue weighted by Crippen LogP contribution is -2.46. The molecule has 1 aromatic carbocycles. The maximum absolute atomic E-state index is 11.6. The van der Waals surface area contributed by atoms with Crippen LogP contribution in [0.15, 0.2) is 30.3 Å². The van der Waals surface area contributed by atoms with Crippen LogP contribution in [-0.4, -0.2) is 37.0 Å². The van der Waals surface area contributed by atoms with Gasteiger partial charge in [0.15, 0.2) is 6.61 Å². The van der Waals surface area contributed by atoms with E-state index in [-0.39, 0.29) is 5.91 Å². The van der Waals surface area contributed by atoms with E-state index in [0.717, 1.165) is 6.42 Å². The highest BCUT2D eigenvalue weighted by atomic mass is 16.5. The summed E-state index contributed by atoms with van der Waals surface area (Å²) in [6.45, 7) is 3.65. The quantitative estimate of drug-likeness (QED) is 0.730. The van der Waals surface area contributed by atoms with E-state index in [4.69, 9.17) is 4.74 Å². The number of carbonyl (C=O) groups excluding carboxylic acids is 3. The topological polar surface area (TPSA) is 84.5 Å². The van der Waals surface area contributed by atoms with E-state index < -0.39 is 24.5 Å². The SMILES string of the molecule is CCCNC(=O)[C@@H](C)NC(=O)COC(=O)c1ccccc1. The van der Waals surface area contributed by atoms with Gasteiger partial charge in [-0.1, -0.05) is 25.1 Å². The Bertz CT molecular complexity index is 488. The van der Waals surface area contributed by atoms with Crippen LogP contribution < -0.4 is 10.6 Å². The minimum absolute atomic E-state index is 0.264. The fraction of sp³-hybridized carbons (Fsp3) is 0.400. The Morgan fingerprint density at radius 3 is 2.48 bits per heavy atom. The van der Waals surface area contributed by atoms with Gasteiger partial charge in [0.2, 0.25) is 5.91 Å². The summed E-state index contributed by atoms with van der Waals surface area (Å²) in [5.74, 6) is -1.35. The molecule has 6 heteroatoms. The second kappa shape index (κ2) is 8.73. The number of nitrogens with one attached hydrogen (secondary N) is 2. The molecule has 0 unspecified atom stereocenters. The molecule has 114 valence electrons. The lowest BCUT2D eigenvalue weighted by Gasteiger charge is -2.13. The van der Waals surface area contributed by atoms with Gasteiger partial charge in [0, 0.05) is 6.54 Å². The van der Waals surface area contributed by atoms with E-state index in [1.54, 1.807) is 37.3 Å². The zero-order valence-corrected chi connectivity index (χ0v) is 12.2. The molecule has 2 N–H and O–H groups in total. The van der Waals surface area contributed by atoms with Crippen molar-refractivity contribution >= 4 is 17.8 Å². The summed E-state index contributed by atoms with van der Waals surface area (Å²) >= 11 is 0. The van der Waals surface area contributed by atoms with Gasteiger partial charge in [-0.3, -0.25) is 9.59 Å². The molecule has 0 heterocycles. The third kappa shape index (κ3) is 6.07. The van der Waals surface area contributed by atoms with Gasteiger partial charge >= 0.3 is 5.97 Å². The normalized spacial score (nSPS) is 11.3. The zero-order chi connectivity index (χ0) is 15.7. The highest BCUT2D eigenvalue weighted by Crippen LogP contribution is 2.00. The number of benzene rings is 1. The Labute approximate surface area is 123 Å². The number of rotatable bonds is 7. The third-order valence-electron chi connectivity index (χ3n) is 2.66. The van der Waals surface area contributed by atoms with Gasteiger partial charge in [0.25, 0.3) is 5.91 Å². The molecule has 1 rings (SSSR count). The van der Waals surface area contributed by atoms with Gasteiger partial charge in [-0.2, -0.15) is 0 Å². The van der Waals surface area contributed by atoms with Crippen LogP contribution in [0.25, 0.3) is 0 Å². The number of hydrogen-bond acceptors (Lipinski definition) is 4. The first kappa shape index (κ1) is 16.7. The minimum atomic E-state index is -0.667. The molecular formula is C15H20N2O4. The van der Waals surface area contributed by atoms with Crippen LogP contribution in [0.3, 0.4) is 0 Å². The molecule has 0 aliphatic heterocycles. The predicted molar refractivity (Wildman–Crippen MR) is 77.6 cm³/mol. The van der Waals surface area contributed by atoms with Crippen molar-refractivity contribution in [2.75, 3.05) is 13.2 Å². The van der Waals surface area contributed by atoms with Crippen LogP contribution in [-0.2, 0) is 14.3 Å². The maximum Gasteiger partial charge on any atom is 0.338 e. The van der Waals surface area contributed by atoms with Crippen LogP contribution in [0.1, 0.15) is 30.6 Å². The number of ether oxygens (including phenoxy) is 1. The van der Waals surface area contributed by atoms with Crippen molar-refractivity contribution < 1.29 is 19.1 Å². The van der Waals surface area contributed by atoms with Gasteiger partial charge < -0.3 is 15.4 Å². The first-order valence-corrected chi connectivity index (χ1v) is 6.83. The lowest BCUT2D eigenvalue weighted by molar-refractivity contribution is -0.130.